The van der Waals surface area contributed by atoms with Crippen LogP contribution >= 0.6 is 0 Å². The number of rotatable bonds is 2. The Kier molecular flexibility index (Phi) is 6.62. The van der Waals surface area contributed by atoms with Gasteiger partial charge in [0.25, 0.3) is 0 Å². The topological polar surface area (TPSA) is 46.5 Å². The number of phenols is 1. The Hall–Kier alpha value is -2.03. The number of carbonyl (C=O) groups excluding carboxylic acids is 1. The largest absolute Gasteiger partial charge is 0.507 e. The van der Waals surface area contributed by atoms with Gasteiger partial charge in [-0.2, -0.15) is 0 Å². The SMILES string of the molecule is C=C(C)C(=O)OC(C)(C)C.C=Cc1ccccc1O. The first-order chi connectivity index (χ1) is 8.67. The molecule has 0 heterocycles. The molecule has 0 aliphatic heterocycles. The van der Waals surface area contributed by atoms with Crippen LogP contribution in [0.2, 0.25) is 0 Å². The first-order valence-electron chi connectivity index (χ1n) is 5.96. The van der Waals surface area contributed by atoms with Crippen molar-refractivity contribution in [2.45, 2.75) is 33.3 Å². The number of benzene rings is 1. The Morgan fingerprint density at radius 1 is 1.32 bits per heavy atom. The van der Waals surface area contributed by atoms with Gasteiger partial charge in [-0.3, -0.25) is 0 Å². The van der Waals surface area contributed by atoms with Gasteiger partial charge in [0.15, 0.2) is 0 Å². The zero-order valence-corrected chi connectivity index (χ0v) is 12.1. The summed E-state index contributed by atoms with van der Waals surface area (Å²) in [7, 11) is 0. The molecule has 0 bridgehead atoms. The molecule has 0 amide bonds. The molecule has 3 heteroatoms. The van der Waals surface area contributed by atoms with Crippen molar-refractivity contribution in [3.8, 4) is 5.75 Å². The van der Waals surface area contributed by atoms with Crippen molar-refractivity contribution in [1.29, 1.82) is 0 Å². The number of ether oxygens (including phenoxy) is 1. The maximum atomic E-state index is 10.8. The van der Waals surface area contributed by atoms with Crippen LogP contribution in [0.4, 0.5) is 0 Å². The minimum atomic E-state index is -0.407. The Balaban J connectivity index is 0.000000342. The van der Waals surface area contributed by atoms with Gasteiger partial charge in [0, 0.05) is 11.1 Å². The van der Waals surface area contributed by atoms with E-state index in [9.17, 15) is 4.79 Å². The van der Waals surface area contributed by atoms with Crippen molar-refractivity contribution in [3.63, 3.8) is 0 Å². The highest BCUT2D eigenvalue weighted by Gasteiger charge is 2.15. The number of carbonyl (C=O) groups is 1. The monoisotopic (exact) mass is 262 g/mol. The molecule has 0 saturated heterocycles. The van der Waals surface area contributed by atoms with Gasteiger partial charge in [-0.25, -0.2) is 4.79 Å². The van der Waals surface area contributed by atoms with E-state index in [1.165, 1.54) is 0 Å². The van der Waals surface area contributed by atoms with Crippen LogP contribution in [-0.4, -0.2) is 16.7 Å². The average molecular weight is 262 g/mol. The zero-order valence-electron chi connectivity index (χ0n) is 12.1. The molecule has 19 heavy (non-hydrogen) atoms. The molecular formula is C16H22O3. The van der Waals surface area contributed by atoms with E-state index in [4.69, 9.17) is 9.84 Å². The lowest BCUT2D eigenvalue weighted by molar-refractivity contribution is -0.149. The summed E-state index contributed by atoms with van der Waals surface area (Å²) in [6, 6.07) is 7.08. The maximum Gasteiger partial charge on any atom is 0.333 e. The van der Waals surface area contributed by atoms with Crippen LogP contribution in [0.25, 0.3) is 6.08 Å². The third kappa shape index (κ3) is 7.82. The molecule has 1 aromatic carbocycles. The summed E-state index contributed by atoms with van der Waals surface area (Å²) in [4.78, 5) is 10.8. The Morgan fingerprint density at radius 3 is 2.11 bits per heavy atom. The molecule has 0 atom stereocenters. The fourth-order valence-corrected chi connectivity index (χ4v) is 1.03. The maximum absolute atomic E-state index is 10.8. The van der Waals surface area contributed by atoms with E-state index in [1.54, 1.807) is 25.1 Å². The highest BCUT2D eigenvalue weighted by molar-refractivity contribution is 5.87. The van der Waals surface area contributed by atoms with Crippen molar-refractivity contribution >= 4 is 12.0 Å². The zero-order chi connectivity index (χ0) is 15.1. The summed E-state index contributed by atoms with van der Waals surface area (Å²) >= 11 is 0. The molecule has 3 nitrogen and oxygen atoms in total. The Labute approximate surface area is 115 Å². The lowest BCUT2D eigenvalue weighted by atomic mass is 10.2. The summed E-state index contributed by atoms with van der Waals surface area (Å²) in [5, 5.41) is 9.04. The second kappa shape index (κ2) is 7.41. The van der Waals surface area contributed by atoms with Gasteiger partial charge in [-0.05, 0) is 33.8 Å². The van der Waals surface area contributed by atoms with Crippen molar-refractivity contribution in [3.05, 3.63) is 48.6 Å². The second-order valence-electron chi connectivity index (χ2n) is 5.05. The Morgan fingerprint density at radius 2 is 1.84 bits per heavy atom. The van der Waals surface area contributed by atoms with Crippen LogP contribution < -0.4 is 0 Å². The van der Waals surface area contributed by atoms with Gasteiger partial charge < -0.3 is 9.84 Å². The Bertz CT molecular complexity index is 453. The fraction of sp³-hybridized carbons (Fsp3) is 0.312. The second-order valence-corrected chi connectivity index (χ2v) is 5.05. The number of para-hydroxylation sites is 1. The third-order valence-corrected chi connectivity index (χ3v) is 1.90. The number of hydrogen-bond acceptors (Lipinski definition) is 3. The summed E-state index contributed by atoms with van der Waals surface area (Å²) < 4.78 is 4.96. The van der Waals surface area contributed by atoms with Crippen molar-refractivity contribution in [2.75, 3.05) is 0 Å². The fourth-order valence-electron chi connectivity index (χ4n) is 1.03. The summed E-state index contributed by atoms with van der Waals surface area (Å²) in [5.41, 5.74) is 0.808. The first kappa shape index (κ1) is 17.0. The van der Waals surface area contributed by atoms with Crippen molar-refractivity contribution in [2.24, 2.45) is 0 Å². The standard InChI is InChI=1S/C8H14O2.C8H8O/c1-6(2)7(9)10-8(3,4)5;1-2-7-5-3-4-6-8(7)9/h1H2,2-5H3;2-6,9H,1H2. The van der Waals surface area contributed by atoms with Crippen molar-refractivity contribution in [1.82, 2.24) is 0 Å². The minimum Gasteiger partial charge on any atom is -0.507 e. The number of aromatic hydroxyl groups is 1. The number of hydrogen-bond donors (Lipinski definition) is 1. The molecule has 0 saturated carbocycles. The quantitative estimate of drug-likeness (QED) is 0.648. The average Bonchev–Trinajstić information content (AvgIpc) is 2.28. The predicted molar refractivity (Wildman–Crippen MR) is 78.9 cm³/mol. The number of phenolic OH excluding ortho intramolecular Hbond substituents is 1. The van der Waals surface area contributed by atoms with Gasteiger partial charge >= 0.3 is 5.97 Å². The van der Waals surface area contributed by atoms with E-state index in [2.05, 4.69) is 13.2 Å². The van der Waals surface area contributed by atoms with Crippen LogP contribution in [0.1, 0.15) is 33.3 Å². The van der Waals surface area contributed by atoms with Crippen molar-refractivity contribution < 1.29 is 14.6 Å². The summed E-state index contributed by atoms with van der Waals surface area (Å²) in [6.45, 7) is 14.1. The molecular weight excluding hydrogens is 240 g/mol. The van der Waals surface area contributed by atoms with Crippen LogP contribution in [0.5, 0.6) is 5.75 Å². The van der Waals surface area contributed by atoms with E-state index in [0.717, 1.165) is 5.56 Å². The normalized spacial score (nSPS) is 9.89. The van der Waals surface area contributed by atoms with Gasteiger partial charge in [0.05, 0.1) is 0 Å². The molecule has 0 fully saturated rings. The molecule has 0 spiro atoms. The summed E-state index contributed by atoms with van der Waals surface area (Å²) in [5.74, 6) is -0.0417. The first-order valence-corrected chi connectivity index (χ1v) is 5.96. The highest BCUT2D eigenvalue weighted by atomic mass is 16.6. The van der Waals surface area contributed by atoms with Gasteiger partial charge in [0.2, 0.25) is 0 Å². The van der Waals surface area contributed by atoms with Crippen LogP contribution in [0, 0.1) is 0 Å². The lowest BCUT2D eigenvalue weighted by Crippen LogP contribution is -2.23. The molecule has 1 N–H and O–H groups in total. The molecule has 0 radical (unpaired) electrons. The lowest BCUT2D eigenvalue weighted by Gasteiger charge is -2.19. The molecule has 0 aliphatic carbocycles. The number of esters is 1. The predicted octanol–water partition coefficient (Wildman–Crippen LogP) is 3.94. The molecule has 1 rings (SSSR count). The third-order valence-electron chi connectivity index (χ3n) is 1.90. The van der Waals surface area contributed by atoms with Gasteiger partial charge in [-0.1, -0.05) is 37.4 Å². The molecule has 0 aliphatic rings. The van der Waals surface area contributed by atoms with E-state index in [1.807, 2.05) is 32.9 Å². The smallest absolute Gasteiger partial charge is 0.333 e. The van der Waals surface area contributed by atoms with E-state index in [0.29, 0.717) is 5.57 Å². The van der Waals surface area contributed by atoms with E-state index < -0.39 is 5.60 Å². The van der Waals surface area contributed by atoms with E-state index in [-0.39, 0.29) is 11.7 Å². The van der Waals surface area contributed by atoms with Crippen LogP contribution in [-0.2, 0) is 9.53 Å². The minimum absolute atomic E-state index is 0.285. The molecule has 0 unspecified atom stereocenters. The molecule has 104 valence electrons. The van der Waals surface area contributed by atoms with Crippen LogP contribution in [0.3, 0.4) is 0 Å². The van der Waals surface area contributed by atoms with E-state index >= 15 is 0 Å². The summed E-state index contributed by atoms with van der Waals surface area (Å²) in [6.07, 6.45) is 1.62. The van der Waals surface area contributed by atoms with Gasteiger partial charge in [-0.15, -0.1) is 0 Å². The van der Waals surface area contributed by atoms with Gasteiger partial charge in [0.1, 0.15) is 11.4 Å². The van der Waals surface area contributed by atoms with Crippen LogP contribution in [0.15, 0.2) is 43.0 Å². The highest BCUT2D eigenvalue weighted by Crippen LogP contribution is 2.15. The molecule has 0 aromatic heterocycles. The molecule has 1 aromatic rings.